The van der Waals surface area contributed by atoms with Gasteiger partial charge in [0.05, 0.1) is 13.0 Å². The quantitative estimate of drug-likeness (QED) is 0.774. The summed E-state index contributed by atoms with van der Waals surface area (Å²) < 4.78 is 5.14. The Morgan fingerprint density at radius 1 is 1.37 bits per heavy atom. The van der Waals surface area contributed by atoms with Gasteiger partial charge in [-0.05, 0) is 23.6 Å². The smallest absolute Gasteiger partial charge is 0.248 e. The van der Waals surface area contributed by atoms with Crippen LogP contribution in [0.1, 0.15) is 31.7 Å². The molecule has 144 valence electrons. The molecule has 1 aliphatic rings. The van der Waals surface area contributed by atoms with Crippen LogP contribution < -0.4 is 10.1 Å². The molecule has 0 bridgehead atoms. The predicted octanol–water partition coefficient (Wildman–Crippen LogP) is 1.85. The van der Waals surface area contributed by atoms with Crippen molar-refractivity contribution in [3.05, 3.63) is 35.7 Å². The van der Waals surface area contributed by atoms with Crippen LogP contribution in [0.3, 0.4) is 0 Å². The minimum Gasteiger partial charge on any atom is -0.497 e. The molecule has 0 saturated carbocycles. The highest BCUT2D eigenvalue weighted by atomic mass is 16.5. The summed E-state index contributed by atoms with van der Waals surface area (Å²) in [7, 11) is 1.63. The Kier molecular flexibility index (Phi) is 5.73. The summed E-state index contributed by atoms with van der Waals surface area (Å²) in [5.74, 6) is 1.51. The van der Waals surface area contributed by atoms with Crippen molar-refractivity contribution in [1.29, 1.82) is 0 Å². The molecule has 1 aliphatic heterocycles. The molecule has 1 fully saturated rings. The number of H-pyrrole nitrogens is 1. The maximum absolute atomic E-state index is 12.4. The maximum Gasteiger partial charge on any atom is 0.248 e. The average Bonchev–Trinajstić information content (AvgIpc) is 3.22. The summed E-state index contributed by atoms with van der Waals surface area (Å²) in [6.07, 6.45) is 0.804. The molecule has 8 heteroatoms. The van der Waals surface area contributed by atoms with Crippen LogP contribution in [0.4, 0.5) is 5.95 Å². The van der Waals surface area contributed by atoms with Gasteiger partial charge in [0.15, 0.2) is 0 Å². The summed E-state index contributed by atoms with van der Waals surface area (Å²) >= 11 is 0. The van der Waals surface area contributed by atoms with E-state index < -0.39 is 0 Å². The van der Waals surface area contributed by atoms with Gasteiger partial charge in [-0.15, -0.1) is 5.10 Å². The second-order valence-electron chi connectivity index (χ2n) is 7.21. The molecule has 0 spiro atoms. The molecule has 2 heterocycles. The zero-order valence-corrected chi connectivity index (χ0v) is 15.9. The lowest BCUT2D eigenvalue weighted by atomic mass is 10.1. The highest BCUT2D eigenvalue weighted by Gasteiger charge is 2.34. The second kappa shape index (κ2) is 8.20. The van der Waals surface area contributed by atoms with Gasteiger partial charge in [-0.25, -0.2) is 0 Å². The third-order valence-electron chi connectivity index (χ3n) is 4.47. The molecule has 0 unspecified atom stereocenters. The van der Waals surface area contributed by atoms with E-state index in [4.69, 9.17) is 4.74 Å². The van der Waals surface area contributed by atoms with Gasteiger partial charge in [0, 0.05) is 25.9 Å². The number of nitrogens with zero attached hydrogens (tertiary/aromatic N) is 3. The number of carbonyl (C=O) groups is 2. The van der Waals surface area contributed by atoms with E-state index in [1.807, 2.05) is 24.3 Å². The van der Waals surface area contributed by atoms with Crippen LogP contribution in [0.2, 0.25) is 0 Å². The first-order valence-corrected chi connectivity index (χ1v) is 9.07. The van der Waals surface area contributed by atoms with Crippen LogP contribution in [-0.4, -0.2) is 52.1 Å². The van der Waals surface area contributed by atoms with E-state index >= 15 is 0 Å². The van der Waals surface area contributed by atoms with Gasteiger partial charge in [-0.1, -0.05) is 26.0 Å². The molecule has 8 nitrogen and oxygen atoms in total. The van der Waals surface area contributed by atoms with Crippen LogP contribution in [0, 0.1) is 11.8 Å². The number of anilines is 1. The Morgan fingerprint density at radius 2 is 2.11 bits per heavy atom. The molecule has 1 aromatic carbocycles. The lowest BCUT2D eigenvalue weighted by molar-refractivity contribution is -0.128. The standard InChI is InChI=1S/C19H25N5O3/c1-12(2)10-24-11-14(9-17(24)25)18(26)21-19-20-16(22-23-19)8-13-4-6-15(27-3)7-5-13/h4-7,12,14H,8-11H2,1-3H3,(H2,20,21,22,23,26)/t14-/m0/s1. The van der Waals surface area contributed by atoms with E-state index in [9.17, 15) is 9.59 Å². The van der Waals surface area contributed by atoms with Gasteiger partial charge in [0.2, 0.25) is 17.8 Å². The third kappa shape index (κ3) is 4.84. The molecular weight excluding hydrogens is 346 g/mol. The maximum atomic E-state index is 12.4. The van der Waals surface area contributed by atoms with Gasteiger partial charge in [-0.2, -0.15) is 4.98 Å². The van der Waals surface area contributed by atoms with Crippen molar-refractivity contribution in [2.24, 2.45) is 11.8 Å². The summed E-state index contributed by atoms with van der Waals surface area (Å²) in [4.78, 5) is 30.5. The molecule has 2 amide bonds. The average molecular weight is 371 g/mol. The van der Waals surface area contributed by atoms with Crippen molar-refractivity contribution in [2.45, 2.75) is 26.7 Å². The fraction of sp³-hybridized carbons (Fsp3) is 0.474. The molecule has 0 aliphatic carbocycles. The summed E-state index contributed by atoms with van der Waals surface area (Å²) in [5.41, 5.74) is 1.05. The van der Waals surface area contributed by atoms with Crippen molar-refractivity contribution < 1.29 is 14.3 Å². The number of hydrogen-bond acceptors (Lipinski definition) is 5. The fourth-order valence-corrected chi connectivity index (χ4v) is 3.14. The summed E-state index contributed by atoms with van der Waals surface area (Å²) in [6, 6.07) is 7.67. The van der Waals surface area contributed by atoms with E-state index in [2.05, 4.69) is 34.3 Å². The summed E-state index contributed by atoms with van der Waals surface area (Å²) in [5, 5.41) is 9.60. The Balaban J connectivity index is 1.55. The molecule has 1 aromatic heterocycles. The van der Waals surface area contributed by atoms with E-state index in [0.717, 1.165) is 11.3 Å². The van der Waals surface area contributed by atoms with Gasteiger partial charge in [0.25, 0.3) is 0 Å². The zero-order valence-electron chi connectivity index (χ0n) is 15.9. The monoisotopic (exact) mass is 371 g/mol. The number of benzene rings is 1. The third-order valence-corrected chi connectivity index (χ3v) is 4.47. The highest BCUT2D eigenvalue weighted by molar-refractivity contribution is 5.96. The second-order valence-corrected chi connectivity index (χ2v) is 7.21. The van der Waals surface area contributed by atoms with Crippen molar-refractivity contribution in [3.63, 3.8) is 0 Å². The van der Waals surface area contributed by atoms with E-state index in [1.165, 1.54) is 0 Å². The van der Waals surface area contributed by atoms with Crippen molar-refractivity contribution in [1.82, 2.24) is 20.1 Å². The zero-order chi connectivity index (χ0) is 19.4. The van der Waals surface area contributed by atoms with Gasteiger partial charge < -0.3 is 9.64 Å². The molecule has 2 aromatic rings. The minimum absolute atomic E-state index is 0.0269. The largest absolute Gasteiger partial charge is 0.497 e. The lowest BCUT2D eigenvalue weighted by Gasteiger charge is -2.18. The Hall–Kier alpha value is -2.90. The number of aromatic nitrogens is 3. The lowest BCUT2D eigenvalue weighted by Crippen LogP contribution is -2.31. The first kappa shape index (κ1) is 18.9. The number of hydrogen-bond donors (Lipinski definition) is 2. The Labute approximate surface area is 158 Å². The normalized spacial score (nSPS) is 16.8. The Morgan fingerprint density at radius 3 is 2.78 bits per heavy atom. The van der Waals surface area contributed by atoms with Crippen molar-refractivity contribution >= 4 is 17.8 Å². The molecule has 27 heavy (non-hydrogen) atoms. The first-order valence-electron chi connectivity index (χ1n) is 9.07. The molecule has 1 saturated heterocycles. The molecular formula is C19H25N5O3. The SMILES string of the molecule is COc1ccc(Cc2nc(NC(=O)[C@H]3CC(=O)N(CC(C)C)C3)n[nH]2)cc1. The van der Waals surface area contributed by atoms with Crippen molar-refractivity contribution in [2.75, 3.05) is 25.5 Å². The molecule has 0 radical (unpaired) electrons. The minimum atomic E-state index is -0.361. The number of rotatable bonds is 7. The van der Waals surface area contributed by atoms with Crippen LogP contribution in [0.25, 0.3) is 0 Å². The van der Waals surface area contributed by atoms with Crippen LogP contribution in [-0.2, 0) is 16.0 Å². The molecule has 3 rings (SSSR count). The van der Waals surface area contributed by atoms with Gasteiger partial charge >= 0.3 is 0 Å². The van der Waals surface area contributed by atoms with Crippen LogP contribution in [0.5, 0.6) is 5.75 Å². The van der Waals surface area contributed by atoms with E-state index in [-0.39, 0.29) is 30.1 Å². The number of aromatic amines is 1. The van der Waals surface area contributed by atoms with Gasteiger partial charge in [-0.3, -0.25) is 20.0 Å². The fourth-order valence-electron chi connectivity index (χ4n) is 3.14. The number of nitrogens with one attached hydrogen (secondary N) is 2. The van der Waals surface area contributed by atoms with E-state index in [0.29, 0.717) is 31.3 Å². The predicted molar refractivity (Wildman–Crippen MR) is 100 cm³/mol. The molecule has 2 N–H and O–H groups in total. The first-order chi connectivity index (χ1) is 12.9. The number of amides is 2. The molecule has 1 atom stereocenters. The number of likely N-dealkylation sites (tertiary alicyclic amines) is 1. The Bertz CT molecular complexity index is 800. The number of carbonyl (C=O) groups excluding carboxylic acids is 2. The van der Waals surface area contributed by atoms with Crippen molar-refractivity contribution in [3.8, 4) is 5.75 Å². The highest BCUT2D eigenvalue weighted by Crippen LogP contribution is 2.20. The number of methoxy groups -OCH3 is 1. The van der Waals surface area contributed by atoms with Crippen LogP contribution in [0.15, 0.2) is 24.3 Å². The topological polar surface area (TPSA) is 100 Å². The van der Waals surface area contributed by atoms with Gasteiger partial charge in [0.1, 0.15) is 11.6 Å². The number of ether oxygens (including phenoxy) is 1. The summed E-state index contributed by atoms with van der Waals surface area (Å²) in [6.45, 7) is 5.23. The van der Waals surface area contributed by atoms with E-state index in [1.54, 1.807) is 12.0 Å². The van der Waals surface area contributed by atoms with Crippen LogP contribution >= 0.6 is 0 Å².